The predicted molar refractivity (Wildman–Crippen MR) is 210 cm³/mol. The van der Waals surface area contributed by atoms with Crippen LogP contribution in [0.1, 0.15) is 187 Å². The van der Waals surface area contributed by atoms with E-state index in [2.05, 4.69) is 74.6 Å². The zero-order chi connectivity index (χ0) is 35.7. The van der Waals surface area contributed by atoms with E-state index in [9.17, 15) is 14.7 Å². The van der Waals surface area contributed by atoms with Crippen LogP contribution in [0.2, 0.25) is 0 Å². The Labute approximate surface area is 302 Å². The zero-order valence-corrected chi connectivity index (χ0v) is 31.9. The maximum atomic E-state index is 12.2. The van der Waals surface area contributed by atoms with Crippen molar-refractivity contribution in [3.8, 4) is 0 Å². The van der Waals surface area contributed by atoms with E-state index in [0.29, 0.717) is 12.8 Å². The van der Waals surface area contributed by atoms with Crippen LogP contribution in [-0.2, 0) is 19.1 Å². The molecule has 0 heterocycles. The summed E-state index contributed by atoms with van der Waals surface area (Å²) in [6, 6.07) is 0. The molecule has 0 aliphatic carbocycles. The molecule has 0 saturated carbocycles. The first-order valence-corrected chi connectivity index (χ1v) is 20.3. The number of hydrogen-bond acceptors (Lipinski definition) is 5. The second-order valence-electron chi connectivity index (χ2n) is 13.3. The fourth-order valence-corrected chi connectivity index (χ4v) is 5.48. The number of aliphatic hydroxyl groups excluding tert-OH is 1. The van der Waals surface area contributed by atoms with Gasteiger partial charge in [-0.25, -0.2) is 0 Å². The summed E-state index contributed by atoms with van der Waals surface area (Å²) in [5.41, 5.74) is 0. The summed E-state index contributed by atoms with van der Waals surface area (Å²) in [6.07, 6.45) is 51.3. The Balaban J connectivity index is 3.59. The molecule has 0 aliphatic heterocycles. The van der Waals surface area contributed by atoms with Crippen LogP contribution in [0, 0.1) is 0 Å². The largest absolute Gasteiger partial charge is 0.462 e. The van der Waals surface area contributed by atoms with Gasteiger partial charge in [-0.2, -0.15) is 0 Å². The van der Waals surface area contributed by atoms with Crippen molar-refractivity contribution < 1.29 is 24.2 Å². The van der Waals surface area contributed by atoms with Crippen LogP contribution in [0.25, 0.3) is 0 Å². The first-order valence-electron chi connectivity index (χ1n) is 20.3. The predicted octanol–water partition coefficient (Wildman–Crippen LogP) is 12.8. The molecule has 0 bridgehead atoms. The van der Waals surface area contributed by atoms with Crippen LogP contribution in [0.3, 0.4) is 0 Å². The minimum absolute atomic E-state index is 0.0760. The molecular formula is C44H76O5. The Morgan fingerprint density at radius 2 is 0.878 bits per heavy atom. The number of aliphatic hydroxyl groups is 1. The van der Waals surface area contributed by atoms with E-state index >= 15 is 0 Å². The Kier molecular flexibility index (Phi) is 38.1. The highest BCUT2D eigenvalue weighted by Gasteiger charge is 2.16. The summed E-state index contributed by atoms with van der Waals surface area (Å²) < 4.78 is 10.6. The zero-order valence-electron chi connectivity index (χ0n) is 31.9. The minimum atomic E-state index is -0.781. The highest BCUT2D eigenvalue weighted by molar-refractivity contribution is 5.70. The molecule has 0 rings (SSSR count). The minimum Gasteiger partial charge on any atom is -0.462 e. The SMILES string of the molecule is CC/C=C\C/C=C\C/C=C\CCCCCCCCCC(=O)OC(CO)COC(=O)CCCCCCCCC/C=C\C/C=C\CCCCCC. The number of carbonyl (C=O) groups is 2. The van der Waals surface area contributed by atoms with Gasteiger partial charge in [0.25, 0.3) is 0 Å². The van der Waals surface area contributed by atoms with Crippen LogP contribution in [0.5, 0.6) is 0 Å². The number of carbonyl (C=O) groups excluding carboxylic acids is 2. The van der Waals surface area contributed by atoms with Crippen molar-refractivity contribution in [2.45, 2.75) is 193 Å². The van der Waals surface area contributed by atoms with Crippen LogP contribution in [-0.4, -0.2) is 36.4 Å². The lowest BCUT2D eigenvalue weighted by Crippen LogP contribution is -2.28. The Morgan fingerprint density at radius 3 is 1.33 bits per heavy atom. The molecule has 282 valence electrons. The van der Waals surface area contributed by atoms with Gasteiger partial charge in [-0.3, -0.25) is 9.59 Å². The van der Waals surface area contributed by atoms with Crippen molar-refractivity contribution in [1.82, 2.24) is 0 Å². The normalized spacial score (nSPS) is 12.8. The summed E-state index contributed by atoms with van der Waals surface area (Å²) >= 11 is 0. The second kappa shape index (κ2) is 40.0. The Hall–Kier alpha value is -2.40. The summed E-state index contributed by atoms with van der Waals surface area (Å²) in [5, 5.41) is 9.56. The third-order valence-electron chi connectivity index (χ3n) is 8.55. The van der Waals surface area contributed by atoms with Crippen molar-refractivity contribution in [2.24, 2.45) is 0 Å². The number of hydrogen-bond donors (Lipinski definition) is 1. The van der Waals surface area contributed by atoms with Gasteiger partial charge in [0.2, 0.25) is 0 Å². The number of allylic oxidation sites excluding steroid dienone is 10. The van der Waals surface area contributed by atoms with E-state index in [-0.39, 0.29) is 25.2 Å². The standard InChI is InChI=1S/C44H76O5/c1-3-5-7-9-11-13-15-17-19-21-23-24-26-28-30-32-34-36-38-43(46)48-41-42(40-45)49-44(47)39-37-35-33-31-29-27-25-22-20-18-16-14-12-10-8-6-4-2/h6,8,12-15,18-21,42,45H,3-5,7,9-11,16-17,22-41H2,1-2H3/b8-6-,14-12-,15-13-,20-18-,21-19-. The fourth-order valence-electron chi connectivity index (χ4n) is 5.48. The molecule has 0 fully saturated rings. The molecule has 1 atom stereocenters. The van der Waals surface area contributed by atoms with E-state index in [1.807, 2.05) is 0 Å². The van der Waals surface area contributed by atoms with E-state index in [0.717, 1.165) is 77.0 Å². The van der Waals surface area contributed by atoms with Gasteiger partial charge < -0.3 is 14.6 Å². The van der Waals surface area contributed by atoms with Crippen molar-refractivity contribution in [1.29, 1.82) is 0 Å². The molecule has 0 radical (unpaired) electrons. The number of ether oxygens (including phenoxy) is 2. The third kappa shape index (κ3) is 38.3. The molecule has 49 heavy (non-hydrogen) atoms. The van der Waals surface area contributed by atoms with E-state index < -0.39 is 6.10 Å². The van der Waals surface area contributed by atoms with Gasteiger partial charge in [-0.05, 0) is 77.0 Å². The molecule has 0 aromatic carbocycles. The van der Waals surface area contributed by atoms with Gasteiger partial charge >= 0.3 is 11.9 Å². The van der Waals surface area contributed by atoms with Crippen LogP contribution in [0.15, 0.2) is 60.8 Å². The van der Waals surface area contributed by atoms with Gasteiger partial charge in [0, 0.05) is 12.8 Å². The van der Waals surface area contributed by atoms with Gasteiger partial charge in [0.1, 0.15) is 6.61 Å². The summed E-state index contributed by atoms with van der Waals surface area (Å²) in [6.45, 7) is 3.99. The lowest BCUT2D eigenvalue weighted by atomic mass is 10.1. The molecule has 0 aliphatic rings. The van der Waals surface area contributed by atoms with Crippen molar-refractivity contribution >= 4 is 11.9 Å². The van der Waals surface area contributed by atoms with Crippen molar-refractivity contribution in [3.63, 3.8) is 0 Å². The summed E-state index contributed by atoms with van der Waals surface area (Å²) in [5.74, 6) is -0.613. The summed E-state index contributed by atoms with van der Waals surface area (Å²) in [4.78, 5) is 24.3. The first kappa shape index (κ1) is 46.6. The number of esters is 2. The number of rotatable bonds is 36. The van der Waals surface area contributed by atoms with Crippen molar-refractivity contribution in [2.75, 3.05) is 13.2 Å². The highest BCUT2D eigenvalue weighted by Crippen LogP contribution is 2.13. The van der Waals surface area contributed by atoms with Gasteiger partial charge in [-0.1, -0.05) is 158 Å². The fraction of sp³-hybridized carbons (Fsp3) is 0.727. The van der Waals surface area contributed by atoms with E-state index in [1.165, 1.54) is 83.5 Å². The van der Waals surface area contributed by atoms with Crippen LogP contribution >= 0.6 is 0 Å². The third-order valence-corrected chi connectivity index (χ3v) is 8.55. The molecule has 5 nitrogen and oxygen atoms in total. The lowest BCUT2D eigenvalue weighted by molar-refractivity contribution is -0.161. The highest BCUT2D eigenvalue weighted by atomic mass is 16.6. The average molecular weight is 685 g/mol. The smallest absolute Gasteiger partial charge is 0.306 e. The molecule has 0 saturated heterocycles. The maximum absolute atomic E-state index is 12.2. The van der Waals surface area contributed by atoms with Crippen LogP contribution in [0.4, 0.5) is 0 Å². The lowest BCUT2D eigenvalue weighted by Gasteiger charge is -2.15. The van der Waals surface area contributed by atoms with E-state index in [4.69, 9.17) is 9.47 Å². The number of unbranched alkanes of at least 4 members (excludes halogenated alkanes) is 18. The molecule has 0 aromatic heterocycles. The molecule has 0 spiro atoms. The van der Waals surface area contributed by atoms with Gasteiger partial charge in [-0.15, -0.1) is 0 Å². The topological polar surface area (TPSA) is 72.8 Å². The van der Waals surface area contributed by atoms with Crippen molar-refractivity contribution in [3.05, 3.63) is 60.8 Å². The van der Waals surface area contributed by atoms with Gasteiger partial charge in [0.15, 0.2) is 6.10 Å². The monoisotopic (exact) mass is 685 g/mol. The molecule has 1 N–H and O–H groups in total. The summed E-state index contributed by atoms with van der Waals surface area (Å²) in [7, 11) is 0. The quantitative estimate of drug-likeness (QED) is 0.0404. The Bertz CT molecular complexity index is 869. The van der Waals surface area contributed by atoms with Crippen LogP contribution < -0.4 is 0 Å². The maximum Gasteiger partial charge on any atom is 0.306 e. The van der Waals surface area contributed by atoms with E-state index in [1.54, 1.807) is 0 Å². The molecular weight excluding hydrogens is 608 g/mol. The molecule has 1 unspecified atom stereocenters. The van der Waals surface area contributed by atoms with Gasteiger partial charge in [0.05, 0.1) is 6.61 Å². The average Bonchev–Trinajstić information content (AvgIpc) is 3.10. The molecule has 0 aromatic rings. The Morgan fingerprint density at radius 1 is 0.490 bits per heavy atom. The first-order chi connectivity index (χ1) is 24.1. The molecule has 5 heteroatoms. The second-order valence-corrected chi connectivity index (χ2v) is 13.3. The molecule has 0 amide bonds.